The quantitative estimate of drug-likeness (QED) is 0.786. The van der Waals surface area contributed by atoms with E-state index in [1.54, 1.807) is 0 Å². The molecule has 2 unspecified atom stereocenters. The molecule has 0 radical (unpaired) electrons. The van der Waals surface area contributed by atoms with E-state index in [0.717, 1.165) is 5.92 Å². The Hall–Kier alpha value is -0.800. The van der Waals surface area contributed by atoms with E-state index in [1.807, 2.05) is 6.20 Å². The third-order valence-electron chi connectivity index (χ3n) is 3.35. The lowest BCUT2D eigenvalue weighted by Gasteiger charge is -2.26. The monoisotopic (exact) mass is 207 g/mol. The van der Waals surface area contributed by atoms with E-state index in [9.17, 15) is 0 Å². The Bertz CT molecular complexity index is 273. The van der Waals surface area contributed by atoms with Crippen LogP contribution >= 0.6 is 0 Å². The third-order valence-corrected chi connectivity index (χ3v) is 3.35. The SMILES string of the molecule is CN(C)C(CC1CCNC1)c1cc[nH]c1. The van der Waals surface area contributed by atoms with Gasteiger partial charge in [0.15, 0.2) is 0 Å². The number of aromatic nitrogens is 1. The van der Waals surface area contributed by atoms with Gasteiger partial charge in [-0.25, -0.2) is 0 Å². The number of hydrogen-bond donors (Lipinski definition) is 2. The van der Waals surface area contributed by atoms with Gasteiger partial charge in [-0.1, -0.05) is 0 Å². The molecule has 15 heavy (non-hydrogen) atoms. The first-order valence-electron chi connectivity index (χ1n) is 5.77. The molecule has 2 atom stereocenters. The average Bonchev–Trinajstić information content (AvgIpc) is 2.87. The third kappa shape index (κ3) is 2.61. The Morgan fingerprint density at radius 2 is 2.40 bits per heavy atom. The van der Waals surface area contributed by atoms with Gasteiger partial charge in [0.05, 0.1) is 0 Å². The Balaban J connectivity index is 2.00. The van der Waals surface area contributed by atoms with Gasteiger partial charge in [0, 0.05) is 18.4 Å². The highest BCUT2D eigenvalue weighted by Gasteiger charge is 2.22. The molecule has 3 nitrogen and oxygen atoms in total. The molecule has 1 aromatic rings. The van der Waals surface area contributed by atoms with Crippen molar-refractivity contribution in [2.24, 2.45) is 5.92 Å². The van der Waals surface area contributed by atoms with Crippen LogP contribution in [0.5, 0.6) is 0 Å². The predicted molar refractivity (Wildman–Crippen MR) is 62.8 cm³/mol. The molecule has 0 aliphatic carbocycles. The number of hydrogen-bond acceptors (Lipinski definition) is 2. The van der Waals surface area contributed by atoms with E-state index in [4.69, 9.17) is 0 Å². The van der Waals surface area contributed by atoms with Crippen LogP contribution in [0, 0.1) is 5.92 Å². The van der Waals surface area contributed by atoms with Crippen molar-refractivity contribution in [3.63, 3.8) is 0 Å². The minimum Gasteiger partial charge on any atom is -0.367 e. The van der Waals surface area contributed by atoms with Gasteiger partial charge in [-0.3, -0.25) is 0 Å². The molecule has 1 aliphatic heterocycles. The van der Waals surface area contributed by atoms with Crippen molar-refractivity contribution in [1.82, 2.24) is 15.2 Å². The zero-order valence-corrected chi connectivity index (χ0v) is 9.66. The Morgan fingerprint density at radius 3 is 2.93 bits per heavy atom. The Labute approximate surface area is 91.9 Å². The first-order chi connectivity index (χ1) is 7.27. The van der Waals surface area contributed by atoms with E-state index >= 15 is 0 Å². The molecule has 1 fully saturated rings. The van der Waals surface area contributed by atoms with Gasteiger partial charge in [-0.15, -0.1) is 0 Å². The van der Waals surface area contributed by atoms with Crippen LogP contribution < -0.4 is 5.32 Å². The molecule has 0 aromatic carbocycles. The molecule has 2 heterocycles. The first kappa shape index (κ1) is 10.7. The molecule has 3 heteroatoms. The van der Waals surface area contributed by atoms with E-state index in [0.29, 0.717) is 6.04 Å². The molecular formula is C12H21N3. The van der Waals surface area contributed by atoms with Crippen LogP contribution in [0.25, 0.3) is 0 Å². The zero-order valence-electron chi connectivity index (χ0n) is 9.66. The van der Waals surface area contributed by atoms with Crippen LogP contribution in [-0.2, 0) is 0 Å². The normalized spacial score (nSPS) is 23.5. The number of H-pyrrole nitrogens is 1. The number of nitrogens with one attached hydrogen (secondary N) is 2. The molecule has 0 saturated carbocycles. The van der Waals surface area contributed by atoms with E-state index in [1.165, 1.54) is 31.5 Å². The maximum atomic E-state index is 3.44. The van der Waals surface area contributed by atoms with Crippen molar-refractivity contribution in [3.8, 4) is 0 Å². The second-order valence-electron chi connectivity index (χ2n) is 4.72. The smallest absolute Gasteiger partial charge is 0.0360 e. The molecule has 1 aromatic heterocycles. The van der Waals surface area contributed by atoms with Crippen LogP contribution in [0.4, 0.5) is 0 Å². The summed E-state index contributed by atoms with van der Waals surface area (Å²) in [6, 6.07) is 2.74. The van der Waals surface area contributed by atoms with Gasteiger partial charge in [0.1, 0.15) is 0 Å². The lowest BCUT2D eigenvalue weighted by molar-refractivity contribution is 0.253. The highest BCUT2D eigenvalue weighted by Crippen LogP contribution is 2.28. The van der Waals surface area contributed by atoms with Gasteiger partial charge in [-0.05, 0) is 57.6 Å². The van der Waals surface area contributed by atoms with Crippen LogP contribution in [0.1, 0.15) is 24.4 Å². The maximum absolute atomic E-state index is 3.44. The zero-order chi connectivity index (χ0) is 10.7. The Kier molecular flexibility index (Phi) is 3.44. The summed E-state index contributed by atoms with van der Waals surface area (Å²) >= 11 is 0. The lowest BCUT2D eigenvalue weighted by atomic mass is 9.95. The minimum absolute atomic E-state index is 0.557. The summed E-state index contributed by atoms with van der Waals surface area (Å²) in [4.78, 5) is 5.47. The standard InChI is InChI=1S/C12H21N3/c1-15(2)12(11-4-6-14-9-11)7-10-3-5-13-8-10/h4,6,9-10,12-14H,3,5,7-8H2,1-2H3. The van der Waals surface area contributed by atoms with Gasteiger partial charge in [0.2, 0.25) is 0 Å². The van der Waals surface area contributed by atoms with Crippen molar-refractivity contribution >= 4 is 0 Å². The van der Waals surface area contributed by atoms with Crippen molar-refractivity contribution in [2.45, 2.75) is 18.9 Å². The van der Waals surface area contributed by atoms with E-state index in [2.05, 4.69) is 41.6 Å². The summed E-state index contributed by atoms with van der Waals surface area (Å²) in [5.74, 6) is 0.840. The minimum atomic E-state index is 0.557. The fraction of sp³-hybridized carbons (Fsp3) is 0.667. The molecule has 84 valence electrons. The summed E-state index contributed by atoms with van der Waals surface area (Å²) < 4.78 is 0. The predicted octanol–water partition coefficient (Wildman–Crippen LogP) is 1.62. The molecule has 0 bridgehead atoms. The molecule has 0 amide bonds. The number of rotatable bonds is 4. The molecular weight excluding hydrogens is 186 g/mol. The van der Waals surface area contributed by atoms with Gasteiger partial charge >= 0.3 is 0 Å². The number of nitrogens with zero attached hydrogens (tertiary/aromatic N) is 1. The van der Waals surface area contributed by atoms with E-state index < -0.39 is 0 Å². The second-order valence-corrected chi connectivity index (χ2v) is 4.72. The van der Waals surface area contributed by atoms with Crippen molar-refractivity contribution in [3.05, 3.63) is 24.0 Å². The molecule has 0 spiro atoms. The van der Waals surface area contributed by atoms with Crippen molar-refractivity contribution in [1.29, 1.82) is 0 Å². The summed E-state index contributed by atoms with van der Waals surface area (Å²) in [5, 5.41) is 3.44. The topological polar surface area (TPSA) is 31.1 Å². The molecule has 2 rings (SSSR count). The maximum Gasteiger partial charge on any atom is 0.0360 e. The van der Waals surface area contributed by atoms with Crippen LogP contribution in [-0.4, -0.2) is 37.1 Å². The second kappa shape index (κ2) is 4.81. The lowest BCUT2D eigenvalue weighted by Crippen LogP contribution is -2.23. The van der Waals surface area contributed by atoms with Gasteiger partial charge in [0.25, 0.3) is 0 Å². The highest BCUT2D eigenvalue weighted by atomic mass is 15.1. The molecule has 1 aliphatic rings. The fourth-order valence-corrected chi connectivity index (χ4v) is 2.42. The summed E-state index contributed by atoms with van der Waals surface area (Å²) in [6.07, 6.45) is 6.72. The van der Waals surface area contributed by atoms with Crippen molar-refractivity contribution < 1.29 is 0 Å². The van der Waals surface area contributed by atoms with Crippen molar-refractivity contribution in [2.75, 3.05) is 27.2 Å². The van der Waals surface area contributed by atoms with Crippen LogP contribution in [0.3, 0.4) is 0 Å². The highest BCUT2D eigenvalue weighted by molar-refractivity contribution is 5.14. The van der Waals surface area contributed by atoms with E-state index in [-0.39, 0.29) is 0 Å². The van der Waals surface area contributed by atoms with Gasteiger partial charge in [-0.2, -0.15) is 0 Å². The average molecular weight is 207 g/mol. The summed E-state index contributed by atoms with van der Waals surface area (Å²) in [5.41, 5.74) is 1.41. The first-order valence-corrected chi connectivity index (χ1v) is 5.77. The fourth-order valence-electron chi connectivity index (χ4n) is 2.42. The van der Waals surface area contributed by atoms with Crippen LogP contribution in [0.2, 0.25) is 0 Å². The summed E-state index contributed by atoms with van der Waals surface area (Å²) in [6.45, 7) is 2.38. The molecule has 1 saturated heterocycles. The van der Waals surface area contributed by atoms with Crippen LogP contribution in [0.15, 0.2) is 18.5 Å². The number of aromatic amines is 1. The Morgan fingerprint density at radius 1 is 1.53 bits per heavy atom. The summed E-state index contributed by atoms with van der Waals surface area (Å²) in [7, 11) is 4.33. The van der Waals surface area contributed by atoms with Gasteiger partial charge < -0.3 is 15.2 Å². The largest absolute Gasteiger partial charge is 0.367 e. The molecule has 2 N–H and O–H groups in total.